The van der Waals surface area contributed by atoms with Gasteiger partial charge in [0.1, 0.15) is 13.2 Å². The molecule has 4 nitrogen and oxygen atoms in total. The Hall–Kier alpha value is -1.05. The molecule has 0 fully saturated rings. The van der Waals surface area contributed by atoms with Crippen molar-refractivity contribution in [2.24, 2.45) is 5.73 Å². The van der Waals surface area contributed by atoms with Gasteiger partial charge in [0, 0.05) is 18.3 Å². The maximum absolute atomic E-state index is 11.7. The lowest BCUT2D eigenvalue weighted by atomic mass is 10.2. The van der Waals surface area contributed by atoms with Gasteiger partial charge in [0.15, 0.2) is 0 Å². The van der Waals surface area contributed by atoms with Crippen LogP contribution in [0.5, 0.6) is 5.88 Å². The molecule has 1 aromatic rings. The van der Waals surface area contributed by atoms with Crippen LogP contribution >= 0.6 is 12.4 Å². The first kappa shape index (κ1) is 17.9. The number of nitrogens with two attached hydrogens (primary N) is 1. The molecule has 0 bridgehead atoms. The van der Waals surface area contributed by atoms with Crippen LogP contribution in [-0.4, -0.2) is 31.0 Å². The lowest BCUT2D eigenvalue weighted by molar-refractivity contribution is -0.175. The van der Waals surface area contributed by atoms with E-state index in [1.54, 1.807) is 18.3 Å². The van der Waals surface area contributed by atoms with Crippen molar-refractivity contribution in [2.45, 2.75) is 19.1 Å². The van der Waals surface area contributed by atoms with Crippen molar-refractivity contribution in [3.63, 3.8) is 0 Å². The SMILES string of the molecule is CC(N)c1ccc(OCCOCC(F)(F)F)nc1.Cl. The number of nitrogens with zero attached hydrogens (tertiary/aromatic N) is 1. The smallest absolute Gasteiger partial charge is 0.411 e. The molecule has 0 saturated carbocycles. The van der Waals surface area contributed by atoms with E-state index in [2.05, 4.69) is 9.72 Å². The number of hydrogen-bond donors (Lipinski definition) is 1. The Morgan fingerprint density at radius 2 is 2.00 bits per heavy atom. The standard InChI is InChI=1S/C11H15F3N2O2.ClH/c1-8(15)9-2-3-10(16-6-9)18-5-4-17-7-11(12,13)14;/h2-3,6,8H,4-5,7,15H2,1H3;1H. The second-order valence-corrected chi connectivity index (χ2v) is 3.73. The van der Waals surface area contributed by atoms with Crippen molar-refractivity contribution in [3.05, 3.63) is 23.9 Å². The molecule has 8 heteroatoms. The van der Waals surface area contributed by atoms with E-state index in [0.717, 1.165) is 5.56 Å². The van der Waals surface area contributed by atoms with Crippen molar-refractivity contribution in [1.29, 1.82) is 0 Å². The number of alkyl halides is 3. The molecule has 1 atom stereocenters. The Labute approximate surface area is 115 Å². The minimum Gasteiger partial charge on any atom is -0.475 e. The second kappa shape index (κ2) is 8.19. The summed E-state index contributed by atoms with van der Waals surface area (Å²) in [7, 11) is 0. The van der Waals surface area contributed by atoms with Crippen molar-refractivity contribution >= 4 is 12.4 Å². The van der Waals surface area contributed by atoms with Crippen LogP contribution in [-0.2, 0) is 4.74 Å². The van der Waals surface area contributed by atoms with Crippen LogP contribution in [0.2, 0.25) is 0 Å². The summed E-state index contributed by atoms with van der Waals surface area (Å²) >= 11 is 0. The third kappa shape index (κ3) is 7.86. The third-order valence-corrected chi connectivity index (χ3v) is 2.03. The Balaban J connectivity index is 0.00000324. The van der Waals surface area contributed by atoms with Crippen LogP contribution in [0.15, 0.2) is 18.3 Å². The highest BCUT2D eigenvalue weighted by molar-refractivity contribution is 5.85. The summed E-state index contributed by atoms with van der Waals surface area (Å²) in [5.74, 6) is 0.329. The molecule has 1 rings (SSSR count). The molecule has 0 amide bonds. The number of halogens is 4. The van der Waals surface area contributed by atoms with Crippen LogP contribution in [0.4, 0.5) is 13.2 Å². The van der Waals surface area contributed by atoms with Crippen molar-refractivity contribution < 1.29 is 22.6 Å². The van der Waals surface area contributed by atoms with Gasteiger partial charge in [0.05, 0.1) is 6.61 Å². The van der Waals surface area contributed by atoms with Gasteiger partial charge in [-0.3, -0.25) is 0 Å². The van der Waals surface area contributed by atoms with Crippen LogP contribution < -0.4 is 10.5 Å². The maximum Gasteiger partial charge on any atom is 0.411 e. The minimum absolute atomic E-state index is 0. The van der Waals surface area contributed by atoms with Gasteiger partial charge in [-0.05, 0) is 12.5 Å². The van der Waals surface area contributed by atoms with E-state index >= 15 is 0 Å². The van der Waals surface area contributed by atoms with Crippen molar-refractivity contribution in [1.82, 2.24) is 4.98 Å². The summed E-state index contributed by atoms with van der Waals surface area (Å²) in [6.45, 7) is 0.423. The second-order valence-electron chi connectivity index (χ2n) is 3.73. The first-order valence-electron chi connectivity index (χ1n) is 5.37. The fourth-order valence-corrected chi connectivity index (χ4v) is 1.14. The van der Waals surface area contributed by atoms with Crippen molar-refractivity contribution in [2.75, 3.05) is 19.8 Å². The first-order chi connectivity index (χ1) is 8.38. The average molecular weight is 301 g/mol. The molecule has 1 aromatic heterocycles. The molecular weight excluding hydrogens is 285 g/mol. The number of hydrogen-bond acceptors (Lipinski definition) is 4. The predicted octanol–water partition coefficient (Wildman–Crippen LogP) is 2.48. The van der Waals surface area contributed by atoms with Crippen molar-refractivity contribution in [3.8, 4) is 5.88 Å². The summed E-state index contributed by atoms with van der Waals surface area (Å²) in [4.78, 5) is 3.97. The average Bonchev–Trinajstić information content (AvgIpc) is 2.27. The van der Waals surface area contributed by atoms with E-state index in [9.17, 15) is 13.2 Å². The lowest BCUT2D eigenvalue weighted by Gasteiger charge is -2.09. The number of pyridine rings is 1. The Bertz CT molecular complexity index is 358. The zero-order valence-corrected chi connectivity index (χ0v) is 11.1. The highest BCUT2D eigenvalue weighted by atomic mass is 35.5. The first-order valence-corrected chi connectivity index (χ1v) is 5.37. The predicted molar refractivity (Wildman–Crippen MR) is 66.5 cm³/mol. The zero-order valence-electron chi connectivity index (χ0n) is 10.3. The molecular formula is C11H16ClF3N2O2. The van der Waals surface area contributed by atoms with E-state index in [4.69, 9.17) is 10.5 Å². The summed E-state index contributed by atoms with van der Waals surface area (Å²) in [5.41, 5.74) is 6.49. The maximum atomic E-state index is 11.7. The zero-order chi connectivity index (χ0) is 13.6. The summed E-state index contributed by atoms with van der Waals surface area (Å²) in [6, 6.07) is 3.24. The molecule has 2 N–H and O–H groups in total. The van der Waals surface area contributed by atoms with Crippen LogP contribution in [0.1, 0.15) is 18.5 Å². The lowest BCUT2D eigenvalue weighted by Crippen LogP contribution is -2.19. The molecule has 0 saturated heterocycles. The number of ether oxygens (including phenoxy) is 2. The van der Waals surface area contributed by atoms with Gasteiger partial charge in [-0.15, -0.1) is 12.4 Å². The van der Waals surface area contributed by atoms with Crippen LogP contribution in [0, 0.1) is 0 Å². The van der Waals surface area contributed by atoms with Gasteiger partial charge in [-0.2, -0.15) is 13.2 Å². The Morgan fingerprint density at radius 3 is 2.47 bits per heavy atom. The largest absolute Gasteiger partial charge is 0.475 e. The van der Waals surface area contributed by atoms with Gasteiger partial charge in [-0.25, -0.2) is 4.98 Å². The molecule has 1 heterocycles. The van der Waals surface area contributed by atoms with E-state index in [0.29, 0.717) is 5.88 Å². The fraction of sp³-hybridized carbons (Fsp3) is 0.545. The normalized spacial score (nSPS) is 12.7. The molecule has 0 aliphatic heterocycles. The summed E-state index contributed by atoms with van der Waals surface area (Å²) in [6.07, 6.45) is -2.74. The van der Waals surface area contributed by atoms with Gasteiger partial charge < -0.3 is 15.2 Å². The van der Waals surface area contributed by atoms with E-state index in [-0.39, 0.29) is 31.7 Å². The minimum atomic E-state index is -4.31. The quantitative estimate of drug-likeness (QED) is 0.820. The molecule has 0 aliphatic rings. The monoisotopic (exact) mass is 300 g/mol. The van der Waals surface area contributed by atoms with Crippen LogP contribution in [0.25, 0.3) is 0 Å². The molecule has 19 heavy (non-hydrogen) atoms. The molecule has 0 aromatic carbocycles. The topological polar surface area (TPSA) is 57.4 Å². The van der Waals surface area contributed by atoms with Gasteiger partial charge in [0.2, 0.25) is 5.88 Å². The Kier molecular flexibility index (Phi) is 7.73. The molecule has 1 unspecified atom stereocenters. The molecule has 0 spiro atoms. The summed E-state index contributed by atoms with van der Waals surface area (Å²) in [5, 5.41) is 0. The highest BCUT2D eigenvalue weighted by Crippen LogP contribution is 2.14. The Morgan fingerprint density at radius 1 is 1.32 bits per heavy atom. The molecule has 110 valence electrons. The van der Waals surface area contributed by atoms with E-state index < -0.39 is 12.8 Å². The van der Waals surface area contributed by atoms with Gasteiger partial charge in [-0.1, -0.05) is 6.07 Å². The highest BCUT2D eigenvalue weighted by Gasteiger charge is 2.27. The van der Waals surface area contributed by atoms with Gasteiger partial charge in [0.25, 0.3) is 0 Å². The summed E-state index contributed by atoms with van der Waals surface area (Å²) < 4.78 is 44.7. The fourth-order valence-electron chi connectivity index (χ4n) is 1.14. The number of aromatic nitrogens is 1. The van der Waals surface area contributed by atoms with Gasteiger partial charge >= 0.3 is 6.18 Å². The molecule has 0 radical (unpaired) electrons. The number of rotatable bonds is 6. The van der Waals surface area contributed by atoms with Crippen LogP contribution in [0.3, 0.4) is 0 Å². The molecule has 0 aliphatic carbocycles. The third-order valence-electron chi connectivity index (χ3n) is 2.03. The van der Waals surface area contributed by atoms with E-state index in [1.807, 2.05) is 6.92 Å². The van der Waals surface area contributed by atoms with E-state index in [1.165, 1.54) is 0 Å².